The number of hydrazone groups is 1. The Morgan fingerprint density at radius 1 is 0.889 bits per heavy atom. The Morgan fingerprint density at radius 3 is 2.27 bits per heavy atom. The van der Waals surface area contributed by atoms with E-state index in [1.807, 2.05) is 0 Å². The molecule has 0 spiro atoms. The highest BCUT2D eigenvalue weighted by Crippen LogP contribution is 2.37. The molecule has 0 bridgehead atoms. The van der Waals surface area contributed by atoms with Gasteiger partial charge < -0.3 is 18.9 Å². The molecule has 0 aliphatic heterocycles. The number of ether oxygens (including phenoxy) is 4. The number of benzene rings is 4. The van der Waals surface area contributed by atoms with Crippen molar-refractivity contribution in [2.45, 2.75) is 11.5 Å². The number of rotatable bonds is 13. The number of hydrogen-bond acceptors (Lipinski definition) is 8. The van der Waals surface area contributed by atoms with Crippen LogP contribution in [0.3, 0.4) is 0 Å². The van der Waals surface area contributed by atoms with Crippen molar-refractivity contribution in [3.05, 3.63) is 105 Å². The van der Waals surface area contributed by atoms with Gasteiger partial charge in [0.2, 0.25) is 0 Å². The predicted octanol–water partition coefficient (Wildman–Crippen LogP) is 6.71. The van der Waals surface area contributed by atoms with Gasteiger partial charge in [0.15, 0.2) is 23.0 Å². The Bertz CT molecular complexity index is 1810. The molecule has 0 unspecified atom stereocenters. The van der Waals surface area contributed by atoms with Crippen LogP contribution in [0.25, 0.3) is 0 Å². The fraction of sp³-hybridized carbons (Fsp3) is 0.161. The van der Waals surface area contributed by atoms with Crippen molar-refractivity contribution in [1.82, 2.24) is 5.43 Å². The highest BCUT2D eigenvalue weighted by Gasteiger charge is 2.28. The predicted molar refractivity (Wildman–Crippen MR) is 178 cm³/mol. The van der Waals surface area contributed by atoms with Gasteiger partial charge in [0.05, 0.1) is 52.6 Å². The van der Waals surface area contributed by atoms with Crippen LogP contribution in [0.1, 0.15) is 11.1 Å². The van der Waals surface area contributed by atoms with Gasteiger partial charge in [-0.05, 0) is 75.6 Å². The zero-order chi connectivity index (χ0) is 32.6. The number of carbonyl (C=O) groups excluding carboxylic acids is 1. The Balaban J connectivity index is 1.51. The summed E-state index contributed by atoms with van der Waals surface area (Å²) in [6.07, 6.45) is 1.39. The molecule has 0 radical (unpaired) electrons. The molecule has 0 saturated carbocycles. The van der Waals surface area contributed by atoms with E-state index in [0.29, 0.717) is 43.1 Å². The van der Waals surface area contributed by atoms with Crippen LogP contribution in [0.15, 0.2) is 93.3 Å². The van der Waals surface area contributed by atoms with Crippen LogP contribution in [0.5, 0.6) is 23.0 Å². The molecule has 1 N–H and O–H groups in total. The van der Waals surface area contributed by atoms with Gasteiger partial charge >= 0.3 is 0 Å². The van der Waals surface area contributed by atoms with Crippen molar-refractivity contribution < 1.29 is 32.2 Å². The van der Waals surface area contributed by atoms with E-state index in [-0.39, 0.29) is 17.2 Å². The monoisotopic (exact) mass is 735 g/mol. The first-order valence-corrected chi connectivity index (χ1v) is 16.1. The van der Waals surface area contributed by atoms with Gasteiger partial charge in [0, 0.05) is 6.07 Å². The first-order valence-electron chi connectivity index (χ1n) is 13.1. The topological polar surface area (TPSA) is 116 Å². The number of anilines is 1. The molecule has 45 heavy (non-hydrogen) atoms. The maximum Gasteiger partial charge on any atom is 0.264 e. The van der Waals surface area contributed by atoms with Crippen LogP contribution in [0.4, 0.5) is 5.69 Å². The number of carbonyl (C=O) groups is 1. The lowest BCUT2D eigenvalue weighted by atomic mass is 10.2. The second-order valence-corrected chi connectivity index (χ2v) is 12.8. The zero-order valence-corrected chi connectivity index (χ0v) is 28.2. The summed E-state index contributed by atoms with van der Waals surface area (Å²) in [7, 11) is 0.243. The number of sulfonamides is 1. The number of nitrogens with one attached hydrogen (secondary N) is 1. The lowest BCUT2D eigenvalue weighted by Gasteiger charge is -2.24. The third-order valence-electron chi connectivity index (χ3n) is 6.30. The standard InChI is InChI=1S/C31H28BrCl2N3O7S/c1-41-27-12-10-22(16-28(27)42-2)37(45(39,40)23-7-5-4-6-8-23)18-30(38)36-35-17-21-13-24(32)31(29(15-21)43-3)44-19-20-9-11-25(33)26(34)14-20/h4-17H,18-19H2,1-3H3,(H,36,38)/b35-17+. The number of amides is 1. The molecule has 4 rings (SSSR count). The van der Waals surface area contributed by atoms with Crippen molar-refractivity contribution in [3.8, 4) is 23.0 Å². The van der Waals surface area contributed by atoms with Gasteiger partial charge in [0.25, 0.3) is 15.9 Å². The molecule has 236 valence electrons. The summed E-state index contributed by atoms with van der Waals surface area (Å²) in [5.41, 5.74) is 3.96. The van der Waals surface area contributed by atoms with Gasteiger partial charge in [-0.2, -0.15) is 5.10 Å². The van der Waals surface area contributed by atoms with Crippen LogP contribution >= 0.6 is 39.1 Å². The average molecular weight is 737 g/mol. The van der Waals surface area contributed by atoms with Gasteiger partial charge in [-0.15, -0.1) is 0 Å². The zero-order valence-electron chi connectivity index (χ0n) is 24.3. The van der Waals surface area contributed by atoms with Gasteiger partial charge in [-0.1, -0.05) is 47.5 Å². The molecule has 4 aromatic carbocycles. The van der Waals surface area contributed by atoms with Crippen molar-refractivity contribution in [3.63, 3.8) is 0 Å². The van der Waals surface area contributed by atoms with Crippen LogP contribution in [-0.2, 0) is 21.4 Å². The molecule has 0 atom stereocenters. The Labute approximate surface area is 279 Å². The smallest absolute Gasteiger partial charge is 0.264 e. The lowest BCUT2D eigenvalue weighted by molar-refractivity contribution is -0.119. The summed E-state index contributed by atoms with van der Waals surface area (Å²) < 4.78 is 50.9. The molecule has 4 aromatic rings. The molecule has 14 heteroatoms. The first-order chi connectivity index (χ1) is 21.6. The molecule has 1 amide bonds. The number of hydrogen-bond donors (Lipinski definition) is 1. The van der Waals surface area contributed by atoms with E-state index < -0.39 is 22.5 Å². The van der Waals surface area contributed by atoms with E-state index in [1.165, 1.54) is 51.8 Å². The molecule has 0 saturated heterocycles. The van der Waals surface area contributed by atoms with Crippen LogP contribution in [-0.4, -0.2) is 48.4 Å². The summed E-state index contributed by atoms with van der Waals surface area (Å²) in [6.45, 7) is -0.365. The van der Waals surface area contributed by atoms with E-state index in [4.69, 9.17) is 42.1 Å². The molecule has 0 aliphatic carbocycles. The lowest BCUT2D eigenvalue weighted by Crippen LogP contribution is -2.39. The molecule has 0 aliphatic rings. The minimum Gasteiger partial charge on any atom is -0.493 e. The number of nitrogens with zero attached hydrogens (tertiary/aromatic N) is 2. The van der Waals surface area contributed by atoms with Crippen molar-refractivity contribution in [2.75, 3.05) is 32.2 Å². The fourth-order valence-corrected chi connectivity index (χ4v) is 6.43. The van der Waals surface area contributed by atoms with E-state index in [2.05, 4.69) is 26.5 Å². The summed E-state index contributed by atoms with van der Waals surface area (Å²) in [5, 5.41) is 4.89. The highest BCUT2D eigenvalue weighted by atomic mass is 79.9. The Kier molecular flexibility index (Phi) is 11.6. The molecule has 0 heterocycles. The maximum atomic E-state index is 13.6. The average Bonchev–Trinajstić information content (AvgIpc) is 3.04. The Hall–Kier alpha value is -3.97. The van der Waals surface area contributed by atoms with Gasteiger partial charge in [-0.25, -0.2) is 13.8 Å². The van der Waals surface area contributed by atoms with E-state index in [0.717, 1.165) is 9.87 Å². The van der Waals surface area contributed by atoms with Crippen LogP contribution in [0, 0.1) is 0 Å². The minimum absolute atomic E-state index is 0.00880. The molecule has 0 fully saturated rings. The summed E-state index contributed by atoms with van der Waals surface area (Å²) >= 11 is 15.6. The second-order valence-electron chi connectivity index (χ2n) is 9.23. The first kappa shape index (κ1) is 33.9. The molecule has 0 aromatic heterocycles. The SMILES string of the molecule is COc1ccc(N(CC(=O)N/N=C/c2cc(Br)c(OCc3ccc(Cl)c(Cl)c3)c(OC)c2)S(=O)(=O)c2ccccc2)cc1OC. The normalized spacial score (nSPS) is 11.2. The highest BCUT2D eigenvalue weighted by molar-refractivity contribution is 9.10. The maximum absolute atomic E-state index is 13.6. The Morgan fingerprint density at radius 2 is 1.60 bits per heavy atom. The van der Waals surface area contributed by atoms with Crippen molar-refractivity contribution >= 4 is 67.0 Å². The number of methoxy groups -OCH3 is 3. The largest absolute Gasteiger partial charge is 0.493 e. The van der Waals surface area contributed by atoms with Crippen LogP contribution in [0.2, 0.25) is 10.0 Å². The third kappa shape index (κ3) is 8.40. The van der Waals surface area contributed by atoms with Crippen molar-refractivity contribution in [2.24, 2.45) is 5.10 Å². The number of halogens is 3. The van der Waals surface area contributed by atoms with E-state index in [9.17, 15) is 13.2 Å². The molecular formula is C31H28BrCl2N3O7S. The van der Waals surface area contributed by atoms with Gasteiger partial charge in [-0.3, -0.25) is 9.10 Å². The summed E-state index contributed by atoms with van der Waals surface area (Å²) in [4.78, 5) is 13.0. The second kappa shape index (κ2) is 15.3. The molecule has 10 nitrogen and oxygen atoms in total. The summed E-state index contributed by atoms with van der Waals surface area (Å²) in [6, 6.07) is 20.9. The fourth-order valence-electron chi connectivity index (χ4n) is 4.10. The minimum atomic E-state index is -4.15. The van der Waals surface area contributed by atoms with E-state index in [1.54, 1.807) is 54.6 Å². The van der Waals surface area contributed by atoms with Crippen LogP contribution < -0.4 is 28.7 Å². The van der Waals surface area contributed by atoms with E-state index >= 15 is 0 Å². The van der Waals surface area contributed by atoms with Crippen molar-refractivity contribution in [1.29, 1.82) is 0 Å². The molecular weight excluding hydrogens is 709 g/mol. The summed E-state index contributed by atoms with van der Waals surface area (Å²) in [5.74, 6) is 0.866. The van der Waals surface area contributed by atoms with Gasteiger partial charge in [0.1, 0.15) is 13.2 Å². The third-order valence-corrected chi connectivity index (χ3v) is 9.41. The quantitative estimate of drug-likeness (QED) is 0.120.